The van der Waals surface area contributed by atoms with Gasteiger partial charge in [0, 0.05) is 29.1 Å². The van der Waals surface area contributed by atoms with Crippen molar-refractivity contribution in [2.75, 3.05) is 0 Å². The van der Waals surface area contributed by atoms with Crippen LogP contribution >= 0.6 is 0 Å². The molecule has 0 bridgehead atoms. The van der Waals surface area contributed by atoms with E-state index in [1.54, 1.807) is 6.07 Å². The summed E-state index contributed by atoms with van der Waals surface area (Å²) in [5.41, 5.74) is 11.2. The molecule has 0 aliphatic rings. The molecule has 5 nitrogen and oxygen atoms in total. The number of ether oxygens (including phenoxy) is 1. The van der Waals surface area contributed by atoms with E-state index in [0.717, 1.165) is 27.8 Å². The first-order valence-electron chi connectivity index (χ1n) is 9.88. The normalized spacial score (nSPS) is 11.1. The van der Waals surface area contributed by atoms with Gasteiger partial charge in [-0.1, -0.05) is 30.3 Å². The number of hydrogen-bond acceptors (Lipinski definition) is 4. The summed E-state index contributed by atoms with van der Waals surface area (Å²) in [6.07, 6.45) is -0.126. The van der Waals surface area contributed by atoms with E-state index < -0.39 is 12.0 Å². The Morgan fingerprint density at radius 3 is 2.71 bits per heavy atom. The van der Waals surface area contributed by atoms with E-state index in [1.165, 1.54) is 6.07 Å². The lowest BCUT2D eigenvalue weighted by atomic mass is 9.99. The predicted octanol–water partition coefficient (Wildman–Crippen LogP) is 5.21. The fraction of sp³-hybridized carbons (Fsp3) is 0.160. The molecule has 3 N–H and O–H groups in total. The van der Waals surface area contributed by atoms with Gasteiger partial charge in [0.05, 0.1) is 6.42 Å². The largest absolute Gasteiger partial charge is 0.489 e. The van der Waals surface area contributed by atoms with Crippen molar-refractivity contribution in [3.63, 3.8) is 0 Å². The molecule has 3 aromatic carbocycles. The van der Waals surface area contributed by atoms with Crippen LogP contribution < -0.4 is 10.5 Å². The van der Waals surface area contributed by atoms with Crippen molar-refractivity contribution in [3.8, 4) is 16.9 Å². The Bertz CT molecular complexity index is 1260. The Balaban J connectivity index is 1.71. The number of rotatable bonds is 7. The van der Waals surface area contributed by atoms with Crippen molar-refractivity contribution in [2.45, 2.75) is 26.5 Å². The number of carboxylic acids is 1. The fourth-order valence-electron chi connectivity index (χ4n) is 3.61. The Labute approximate surface area is 178 Å². The molecule has 4 aromatic rings. The minimum Gasteiger partial charge on any atom is -0.489 e. The highest BCUT2D eigenvalue weighted by Gasteiger charge is 2.14. The number of furan rings is 1. The summed E-state index contributed by atoms with van der Waals surface area (Å²) in [5, 5.41) is 9.79. The van der Waals surface area contributed by atoms with Crippen LogP contribution in [0.2, 0.25) is 0 Å². The zero-order valence-electron chi connectivity index (χ0n) is 17.0. The lowest BCUT2D eigenvalue weighted by Gasteiger charge is -2.13. The molecule has 0 aliphatic carbocycles. The van der Waals surface area contributed by atoms with Gasteiger partial charge in [0.25, 0.3) is 6.01 Å². The monoisotopic (exact) mass is 419 g/mol. The SMILES string of the molecule is Cc1ccc(CC(=O)O)c(OCc2cc(-c3cccc(CN)c3)c3oc(F)cc3c2)c1. The second-order valence-corrected chi connectivity index (χ2v) is 7.49. The van der Waals surface area contributed by atoms with Crippen LogP contribution in [0, 0.1) is 12.9 Å². The molecular weight excluding hydrogens is 397 g/mol. The topological polar surface area (TPSA) is 85.7 Å². The lowest BCUT2D eigenvalue weighted by Crippen LogP contribution is -2.04. The second kappa shape index (κ2) is 8.62. The molecule has 0 spiro atoms. The van der Waals surface area contributed by atoms with E-state index in [9.17, 15) is 9.18 Å². The van der Waals surface area contributed by atoms with E-state index in [1.807, 2.05) is 55.5 Å². The van der Waals surface area contributed by atoms with E-state index in [-0.39, 0.29) is 13.0 Å². The van der Waals surface area contributed by atoms with E-state index >= 15 is 0 Å². The molecule has 0 unspecified atom stereocenters. The fourth-order valence-corrected chi connectivity index (χ4v) is 3.61. The van der Waals surface area contributed by atoms with Crippen molar-refractivity contribution in [2.24, 2.45) is 5.73 Å². The summed E-state index contributed by atoms with van der Waals surface area (Å²) in [5.74, 6) is -0.404. The minimum atomic E-state index is -0.925. The smallest absolute Gasteiger partial charge is 0.307 e. The molecule has 0 amide bonds. The molecule has 0 saturated heterocycles. The van der Waals surface area contributed by atoms with Gasteiger partial charge in [0.1, 0.15) is 17.9 Å². The number of carboxylic acid groups (broad SMARTS) is 1. The third kappa shape index (κ3) is 4.59. The van der Waals surface area contributed by atoms with Gasteiger partial charge in [0.15, 0.2) is 0 Å². The number of halogens is 1. The highest BCUT2D eigenvalue weighted by atomic mass is 19.1. The number of hydrogen-bond donors (Lipinski definition) is 2. The number of fused-ring (bicyclic) bond motifs is 1. The van der Waals surface area contributed by atoms with Gasteiger partial charge in [-0.3, -0.25) is 4.79 Å². The Morgan fingerprint density at radius 2 is 1.94 bits per heavy atom. The number of benzene rings is 3. The second-order valence-electron chi connectivity index (χ2n) is 7.49. The van der Waals surface area contributed by atoms with Crippen LogP contribution in [-0.2, 0) is 24.4 Å². The molecule has 0 saturated carbocycles. The number of aryl methyl sites for hydroxylation is 1. The standard InChI is InChI=1S/C25H22FNO4/c1-15-5-6-19(12-24(28)29)22(7-15)30-14-17-9-20-11-23(26)31-25(20)21(10-17)18-4-2-3-16(8-18)13-27/h2-11H,12-14,27H2,1H3,(H,28,29). The summed E-state index contributed by atoms with van der Waals surface area (Å²) in [6, 6.07) is 17.5. The Morgan fingerprint density at radius 1 is 1.10 bits per heavy atom. The summed E-state index contributed by atoms with van der Waals surface area (Å²) in [6.45, 7) is 2.51. The zero-order valence-corrected chi connectivity index (χ0v) is 17.0. The molecular formula is C25H22FNO4. The highest BCUT2D eigenvalue weighted by Crippen LogP contribution is 2.33. The first-order valence-corrected chi connectivity index (χ1v) is 9.88. The molecule has 1 heterocycles. The molecule has 0 fully saturated rings. The van der Waals surface area contributed by atoms with E-state index in [2.05, 4.69) is 0 Å². The van der Waals surface area contributed by atoms with Gasteiger partial charge in [-0.15, -0.1) is 0 Å². The maximum Gasteiger partial charge on any atom is 0.307 e. The van der Waals surface area contributed by atoms with E-state index in [4.69, 9.17) is 20.0 Å². The number of carbonyl (C=O) groups is 1. The van der Waals surface area contributed by atoms with Crippen LogP contribution in [-0.4, -0.2) is 11.1 Å². The van der Waals surface area contributed by atoms with Gasteiger partial charge in [-0.25, -0.2) is 0 Å². The number of aliphatic carboxylic acids is 1. The third-order valence-corrected chi connectivity index (χ3v) is 5.08. The minimum absolute atomic E-state index is 0.126. The highest BCUT2D eigenvalue weighted by molar-refractivity contribution is 5.93. The van der Waals surface area contributed by atoms with Gasteiger partial charge in [-0.2, -0.15) is 4.39 Å². The molecule has 1 aromatic heterocycles. The van der Waals surface area contributed by atoms with Gasteiger partial charge < -0.3 is 20.0 Å². The zero-order chi connectivity index (χ0) is 22.0. The molecule has 0 radical (unpaired) electrons. The van der Waals surface area contributed by atoms with Gasteiger partial charge >= 0.3 is 5.97 Å². The molecule has 0 atom stereocenters. The summed E-state index contributed by atoms with van der Waals surface area (Å²) < 4.78 is 25.2. The van der Waals surface area contributed by atoms with Crippen molar-refractivity contribution in [1.29, 1.82) is 0 Å². The predicted molar refractivity (Wildman–Crippen MR) is 116 cm³/mol. The maximum atomic E-state index is 13.9. The summed E-state index contributed by atoms with van der Waals surface area (Å²) in [4.78, 5) is 11.2. The summed E-state index contributed by atoms with van der Waals surface area (Å²) >= 11 is 0. The third-order valence-electron chi connectivity index (χ3n) is 5.08. The quantitative estimate of drug-likeness (QED) is 0.429. The average molecular weight is 419 g/mol. The summed E-state index contributed by atoms with van der Waals surface area (Å²) in [7, 11) is 0. The molecule has 6 heteroatoms. The molecule has 158 valence electrons. The van der Waals surface area contributed by atoms with Gasteiger partial charge in [-0.05, 0) is 53.4 Å². The maximum absolute atomic E-state index is 13.9. The van der Waals surface area contributed by atoms with Crippen molar-refractivity contribution in [1.82, 2.24) is 0 Å². The van der Waals surface area contributed by atoms with Crippen molar-refractivity contribution < 1.29 is 23.4 Å². The Hall–Kier alpha value is -3.64. The average Bonchev–Trinajstić information content (AvgIpc) is 3.13. The van der Waals surface area contributed by atoms with Crippen LogP contribution in [0.4, 0.5) is 4.39 Å². The van der Waals surface area contributed by atoms with Crippen molar-refractivity contribution in [3.05, 3.63) is 88.9 Å². The van der Waals surface area contributed by atoms with E-state index in [0.29, 0.717) is 28.8 Å². The van der Waals surface area contributed by atoms with Crippen molar-refractivity contribution >= 4 is 16.9 Å². The molecule has 31 heavy (non-hydrogen) atoms. The molecule has 0 aliphatic heterocycles. The van der Waals surface area contributed by atoms with Crippen LogP contribution in [0.25, 0.3) is 22.1 Å². The van der Waals surface area contributed by atoms with Gasteiger partial charge in [0.2, 0.25) is 0 Å². The van der Waals surface area contributed by atoms with Crippen LogP contribution in [0.3, 0.4) is 0 Å². The Kier molecular flexibility index (Phi) is 5.73. The first-order chi connectivity index (χ1) is 14.9. The lowest BCUT2D eigenvalue weighted by molar-refractivity contribution is -0.136. The first kappa shape index (κ1) is 20.6. The van der Waals surface area contributed by atoms with Crippen LogP contribution in [0.15, 0.2) is 65.1 Å². The number of nitrogens with two attached hydrogens (primary N) is 1. The van der Waals surface area contributed by atoms with Crippen LogP contribution in [0.5, 0.6) is 5.75 Å². The molecule has 4 rings (SSSR count). The van der Waals surface area contributed by atoms with Crippen LogP contribution in [0.1, 0.15) is 22.3 Å².